The summed E-state index contributed by atoms with van der Waals surface area (Å²) in [5, 5.41) is 1.90. The number of imide groups is 1. The average molecular weight is 411 g/mol. The van der Waals surface area contributed by atoms with Gasteiger partial charge in [0, 0.05) is 10.1 Å². The number of rotatable bonds is 5. The lowest BCUT2D eigenvalue weighted by atomic mass is 10.1. The lowest BCUT2D eigenvalue weighted by Crippen LogP contribution is -2.31. The molecule has 1 aliphatic rings. The van der Waals surface area contributed by atoms with Gasteiger partial charge in [0.15, 0.2) is 0 Å². The Labute approximate surface area is 162 Å². The SMILES string of the molecule is CC(C)SC1=C(c2cccs2)C(=O)N(Cc2cccc(C(F)(F)F)c2)C1=O. The van der Waals surface area contributed by atoms with E-state index in [1.165, 1.54) is 35.2 Å². The van der Waals surface area contributed by atoms with E-state index in [-0.39, 0.29) is 17.4 Å². The number of benzene rings is 1. The van der Waals surface area contributed by atoms with Crippen molar-refractivity contribution in [3.63, 3.8) is 0 Å². The van der Waals surface area contributed by atoms with Crippen LogP contribution in [0.4, 0.5) is 13.2 Å². The second-order valence-corrected chi connectivity index (χ2v) is 8.78. The second kappa shape index (κ2) is 7.52. The number of carbonyl (C=O) groups is 2. The van der Waals surface area contributed by atoms with E-state index in [1.807, 2.05) is 19.2 Å². The molecule has 1 aromatic heterocycles. The minimum Gasteiger partial charge on any atom is -0.269 e. The highest BCUT2D eigenvalue weighted by Crippen LogP contribution is 2.40. The van der Waals surface area contributed by atoms with Crippen LogP contribution in [-0.2, 0) is 22.3 Å². The van der Waals surface area contributed by atoms with Crippen LogP contribution in [0.2, 0.25) is 0 Å². The highest BCUT2D eigenvalue weighted by molar-refractivity contribution is 8.04. The fourth-order valence-corrected chi connectivity index (χ4v) is 4.54. The molecule has 0 saturated carbocycles. The molecule has 2 aromatic rings. The van der Waals surface area contributed by atoms with Gasteiger partial charge in [0.1, 0.15) is 0 Å². The van der Waals surface area contributed by atoms with Crippen molar-refractivity contribution in [2.45, 2.75) is 31.8 Å². The predicted molar refractivity (Wildman–Crippen MR) is 101 cm³/mol. The molecule has 0 spiro atoms. The largest absolute Gasteiger partial charge is 0.416 e. The molecule has 8 heteroatoms. The molecule has 3 rings (SSSR count). The van der Waals surface area contributed by atoms with Gasteiger partial charge in [-0.2, -0.15) is 13.2 Å². The highest BCUT2D eigenvalue weighted by atomic mass is 32.2. The van der Waals surface area contributed by atoms with Crippen LogP contribution in [0.15, 0.2) is 46.7 Å². The molecule has 2 amide bonds. The summed E-state index contributed by atoms with van der Waals surface area (Å²) in [6.07, 6.45) is -4.48. The van der Waals surface area contributed by atoms with Crippen LogP contribution >= 0.6 is 23.1 Å². The Balaban J connectivity index is 1.93. The maximum absolute atomic E-state index is 12.9. The zero-order valence-electron chi connectivity index (χ0n) is 14.5. The first-order chi connectivity index (χ1) is 12.7. The molecule has 27 heavy (non-hydrogen) atoms. The van der Waals surface area contributed by atoms with Crippen LogP contribution in [0.5, 0.6) is 0 Å². The first kappa shape index (κ1) is 19.7. The van der Waals surface area contributed by atoms with Gasteiger partial charge in [-0.3, -0.25) is 14.5 Å². The number of hydrogen-bond acceptors (Lipinski definition) is 4. The summed E-state index contributed by atoms with van der Waals surface area (Å²) in [4.78, 5) is 27.8. The van der Waals surface area contributed by atoms with E-state index in [9.17, 15) is 22.8 Å². The molecule has 0 unspecified atom stereocenters. The number of hydrogen-bond donors (Lipinski definition) is 0. The molecule has 0 atom stereocenters. The topological polar surface area (TPSA) is 37.4 Å². The van der Waals surface area contributed by atoms with E-state index in [1.54, 1.807) is 12.1 Å². The van der Waals surface area contributed by atoms with Gasteiger partial charge in [-0.1, -0.05) is 32.0 Å². The number of thiophene rings is 1. The molecule has 0 N–H and O–H groups in total. The first-order valence-corrected chi connectivity index (χ1v) is 9.91. The van der Waals surface area contributed by atoms with Gasteiger partial charge in [-0.15, -0.1) is 23.1 Å². The van der Waals surface area contributed by atoms with Crippen molar-refractivity contribution < 1.29 is 22.8 Å². The molecule has 142 valence electrons. The number of carbonyl (C=O) groups excluding carboxylic acids is 2. The minimum atomic E-state index is -4.48. The number of alkyl halides is 3. The van der Waals surface area contributed by atoms with Gasteiger partial charge in [-0.05, 0) is 29.1 Å². The van der Waals surface area contributed by atoms with Crippen molar-refractivity contribution in [1.29, 1.82) is 0 Å². The van der Waals surface area contributed by atoms with Gasteiger partial charge >= 0.3 is 6.18 Å². The third-order valence-corrected chi connectivity index (χ3v) is 5.81. The van der Waals surface area contributed by atoms with Crippen LogP contribution in [0.3, 0.4) is 0 Å². The Bertz CT molecular complexity index is 902. The molecular weight excluding hydrogens is 395 g/mol. The van der Waals surface area contributed by atoms with Crippen LogP contribution in [0.25, 0.3) is 5.57 Å². The van der Waals surface area contributed by atoms with Gasteiger partial charge in [0.25, 0.3) is 11.8 Å². The number of thioether (sulfide) groups is 1. The summed E-state index contributed by atoms with van der Waals surface area (Å²) < 4.78 is 38.8. The maximum Gasteiger partial charge on any atom is 0.416 e. The molecule has 0 radical (unpaired) electrons. The number of halogens is 3. The van der Waals surface area contributed by atoms with Crippen molar-refractivity contribution >= 4 is 40.5 Å². The van der Waals surface area contributed by atoms with Crippen molar-refractivity contribution in [2.24, 2.45) is 0 Å². The van der Waals surface area contributed by atoms with Gasteiger partial charge in [0.05, 0.1) is 22.6 Å². The van der Waals surface area contributed by atoms with Crippen molar-refractivity contribution in [3.05, 3.63) is 62.7 Å². The monoisotopic (exact) mass is 411 g/mol. The summed E-state index contributed by atoms with van der Waals surface area (Å²) in [6, 6.07) is 8.25. The van der Waals surface area contributed by atoms with Crippen LogP contribution in [0, 0.1) is 0 Å². The van der Waals surface area contributed by atoms with E-state index in [4.69, 9.17) is 0 Å². The smallest absolute Gasteiger partial charge is 0.269 e. The fourth-order valence-electron chi connectivity index (χ4n) is 2.71. The van der Waals surface area contributed by atoms with Gasteiger partial charge < -0.3 is 0 Å². The summed E-state index contributed by atoms with van der Waals surface area (Å²) >= 11 is 2.65. The third-order valence-electron chi connectivity index (χ3n) is 3.84. The van der Waals surface area contributed by atoms with Crippen LogP contribution in [-0.4, -0.2) is 22.0 Å². The lowest BCUT2D eigenvalue weighted by Gasteiger charge is -2.16. The van der Waals surface area contributed by atoms with Crippen molar-refractivity contribution in [2.75, 3.05) is 0 Å². The Morgan fingerprint density at radius 2 is 1.85 bits per heavy atom. The molecule has 1 aliphatic heterocycles. The minimum absolute atomic E-state index is 0.0835. The zero-order chi connectivity index (χ0) is 19.8. The molecule has 3 nitrogen and oxygen atoms in total. The molecule has 0 fully saturated rings. The molecule has 0 aliphatic carbocycles. The first-order valence-electron chi connectivity index (χ1n) is 8.15. The lowest BCUT2D eigenvalue weighted by molar-refractivity contribution is -0.137. The van der Waals surface area contributed by atoms with E-state index in [0.717, 1.165) is 17.0 Å². The van der Waals surface area contributed by atoms with Crippen LogP contribution < -0.4 is 0 Å². The standard InChI is InChI=1S/C19H16F3NO2S2/c1-11(2)27-16-15(14-7-4-8-26-14)17(24)23(18(16)25)10-12-5-3-6-13(9-12)19(20,21)22/h3-9,11H,10H2,1-2H3. The summed E-state index contributed by atoms with van der Waals surface area (Å²) in [7, 11) is 0. The fraction of sp³-hybridized carbons (Fsp3) is 0.263. The zero-order valence-corrected chi connectivity index (χ0v) is 16.2. The number of amides is 2. The van der Waals surface area contributed by atoms with Gasteiger partial charge in [-0.25, -0.2) is 0 Å². The van der Waals surface area contributed by atoms with Crippen molar-refractivity contribution in [1.82, 2.24) is 4.90 Å². The maximum atomic E-state index is 12.9. The van der Waals surface area contributed by atoms with Crippen LogP contribution in [0.1, 0.15) is 29.9 Å². The molecule has 0 saturated heterocycles. The summed E-state index contributed by atoms with van der Waals surface area (Å²) in [6.45, 7) is 3.63. The quantitative estimate of drug-likeness (QED) is 0.636. The summed E-state index contributed by atoms with van der Waals surface area (Å²) in [5.41, 5.74) is -0.212. The Hall–Kier alpha value is -2.06. The van der Waals surface area contributed by atoms with Gasteiger partial charge in [0.2, 0.25) is 0 Å². The third kappa shape index (κ3) is 4.11. The van der Waals surface area contributed by atoms with Crippen molar-refractivity contribution in [3.8, 4) is 0 Å². The molecule has 0 bridgehead atoms. The molecule has 2 heterocycles. The van der Waals surface area contributed by atoms with E-state index in [0.29, 0.717) is 15.4 Å². The Morgan fingerprint density at radius 3 is 2.44 bits per heavy atom. The normalized spacial score (nSPS) is 15.4. The molecular formula is C19H16F3NO2S2. The average Bonchev–Trinajstić information content (AvgIpc) is 3.18. The number of nitrogens with zero attached hydrogens (tertiary/aromatic N) is 1. The Morgan fingerprint density at radius 1 is 1.11 bits per heavy atom. The van der Waals surface area contributed by atoms with E-state index in [2.05, 4.69) is 0 Å². The summed E-state index contributed by atoms with van der Waals surface area (Å²) in [5.74, 6) is -0.928. The predicted octanol–water partition coefficient (Wildman–Crippen LogP) is 5.19. The second-order valence-electron chi connectivity index (χ2n) is 6.24. The molecule has 1 aromatic carbocycles. The van der Waals surface area contributed by atoms with E-state index >= 15 is 0 Å². The Kier molecular flexibility index (Phi) is 5.48. The highest BCUT2D eigenvalue weighted by Gasteiger charge is 2.40. The van der Waals surface area contributed by atoms with E-state index < -0.39 is 23.6 Å².